The van der Waals surface area contributed by atoms with Crippen LogP contribution in [0.4, 0.5) is 10.7 Å². The Morgan fingerprint density at radius 1 is 1.07 bits per heavy atom. The van der Waals surface area contributed by atoms with Crippen molar-refractivity contribution in [3.05, 3.63) is 36.0 Å². The summed E-state index contributed by atoms with van der Waals surface area (Å²) in [4.78, 5) is 28.1. The van der Waals surface area contributed by atoms with E-state index in [-0.39, 0.29) is 12.3 Å². The van der Waals surface area contributed by atoms with Gasteiger partial charge in [0.1, 0.15) is 5.60 Å². The van der Waals surface area contributed by atoms with Gasteiger partial charge in [-0.15, -0.1) is 0 Å². The number of carbonyl (C=O) groups is 2. The van der Waals surface area contributed by atoms with E-state index in [0.29, 0.717) is 24.9 Å². The smallest absolute Gasteiger partial charge is 0.407 e. The minimum Gasteiger partial charge on any atom is -0.461 e. The Bertz CT molecular complexity index is 812. The van der Waals surface area contributed by atoms with E-state index in [0.717, 1.165) is 24.8 Å². The molecule has 2 N–H and O–H groups in total. The fourth-order valence-electron chi connectivity index (χ4n) is 2.62. The largest absolute Gasteiger partial charge is 0.461 e. The Morgan fingerprint density at radius 2 is 1.77 bits per heavy atom. The highest BCUT2D eigenvalue weighted by atomic mass is 16.6. The number of alkyl carbamates (subject to hydrolysis) is 1. The summed E-state index contributed by atoms with van der Waals surface area (Å²) >= 11 is 0. The van der Waals surface area contributed by atoms with Gasteiger partial charge in [0, 0.05) is 18.7 Å². The van der Waals surface area contributed by atoms with E-state index in [1.807, 2.05) is 51.1 Å². The molecule has 8 heteroatoms. The van der Waals surface area contributed by atoms with E-state index in [9.17, 15) is 9.59 Å². The van der Waals surface area contributed by atoms with Gasteiger partial charge in [-0.3, -0.25) is 0 Å². The molecule has 0 aliphatic rings. The SMILES string of the molecule is CCOC(=O)c1nc(-c2ccccc2)oc1NCCCCCNC(=O)OC(C)(C)C. The number of amides is 1. The third-order valence-corrected chi connectivity index (χ3v) is 3.92. The van der Waals surface area contributed by atoms with Gasteiger partial charge in [-0.25, -0.2) is 9.59 Å². The summed E-state index contributed by atoms with van der Waals surface area (Å²) in [7, 11) is 0. The maximum atomic E-state index is 12.2. The molecule has 0 radical (unpaired) electrons. The lowest BCUT2D eigenvalue weighted by atomic mass is 10.2. The number of nitrogens with one attached hydrogen (secondary N) is 2. The Kier molecular flexibility index (Phi) is 8.70. The Labute approximate surface area is 177 Å². The lowest BCUT2D eigenvalue weighted by molar-refractivity contribution is 0.0513. The van der Waals surface area contributed by atoms with E-state index in [1.54, 1.807) is 6.92 Å². The predicted octanol–water partition coefficient (Wildman–Crippen LogP) is 4.63. The molecular weight excluding hydrogens is 386 g/mol. The van der Waals surface area contributed by atoms with E-state index in [1.165, 1.54) is 0 Å². The van der Waals surface area contributed by atoms with Crippen LogP contribution >= 0.6 is 0 Å². The standard InChI is InChI=1S/C22H31N3O5/c1-5-28-20(26)17-19(29-18(25-17)16-12-8-6-9-13-16)23-14-10-7-11-15-24-21(27)30-22(2,3)4/h6,8-9,12-13,23H,5,7,10-11,14-15H2,1-4H3,(H,24,27). The second-order valence-electron chi connectivity index (χ2n) is 7.70. The van der Waals surface area contributed by atoms with Crippen molar-refractivity contribution in [1.29, 1.82) is 0 Å². The van der Waals surface area contributed by atoms with Gasteiger partial charge in [0.25, 0.3) is 0 Å². The number of oxazole rings is 1. The summed E-state index contributed by atoms with van der Waals surface area (Å²) in [6, 6.07) is 9.38. The summed E-state index contributed by atoms with van der Waals surface area (Å²) in [5.41, 5.74) is 0.423. The second-order valence-corrected chi connectivity index (χ2v) is 7.70. The normalized spacial score (nSPS) is 11.1. The average molecular weight is 418 g/mol. The molecule has 0 bridgehead atoms. The van der Waals surface area contributed by atoms with Crippen LogP contribution in [-0.4, -0.2) is 42.3 Å². The molecule has 0 aliphatic heterocycles. The molecule has 1 aromatic heterocycles. The van der Waals surface area contributed by atoms with Crippen molar-refractivity contribution in [3.63, 3.8) is 0 Å². The van der Waals surface area contributed by atoms with Crippen LogP contribution in [0.2, 0.25) is 0 Å². The predicted molar refractivity (Wildman–Crippen MR) is 114 cm³/mol. The van der Waals surface area contributed by atoms with Crippen molar-refractivity contribution in [2.24, 2.45) is 0 Å². The molecule has 0 aliphatic carbocycles. The van der Waals surface area contributed by atoms with Crippen molar-refractivity contribution in [1.82, 2.24) is 10.3 Å². The van der Waals surface area contributed by atoms with E-state index in [4.69, 9.17) is 13.9 Å². The van der Waals surface area contributed by atoms with Gasteiger partial charge < -0.3 is 24.5 Å². The van der Waals surface area contributed by atoms with Gasteiger partial charge in [0.2, 0.25) is 17.5 Å². The number of ether oxygens (including phenoxy) is 2. The second kappa shape index (κ2) is 11.2. The average Bonchev–Trinajstić information content (AvgIpc) is 3.11. The molecule has 2 aromatic rings. The summed E-state index contributed by atoms with van der Waals surface area (Å²) < 4.78 is 16.0. The molecule has 0 atom stereocenters. The van der Waals surface area contributed by atoms with Crippen LogP contribution in [0.25, 0.3) is 11.5 Å². The number of rotatable bonds is 10. The third-order valence-electron chi connectivity index (χ3n) is 3.92. The first-order valence-corrected chi connectivity index (χ1v) is 10.2. The van der Waals surface area contributed by atoms with Crippen molar-refractivity contribution < 1.29 is 23.5 Å². The molecule has 0 unspecified atom stereocenters. The molecule has 1 heterocycles. The van der Waals surface area contributed by atoms with Crippen molar-refractivity contribution in [2.45, 2.75) is 52.6 Å². The third kappa shape index (κ3) is 7.77. The molecule has 1 aromatic carbocycles. The Morgan fingerprint density at radius 3 is 2.43 bits per heavy atom. The minimum atomic E-state index is -0.521. The van der Waals surface area contributed by atoms with Crippen LogP contribution in [0.5, 0.6) is 0 Å². The van der Waals surface area contributed by atoms with Gasteiger partial charge in [-0.2, -0.15) is 4.98 Å². The lowest BCUT2D eigenvalue weighted by Crippen LogP contribution is -2.33. The highest BCUT2D eigenvalue weighted by Gasteiger charge is 2.22. The zero-order valence-electron chi connectivity index (χ0n) is 18.1. The number of carbonyl (C=O) groups excluding carboxylic acids is 2. The fourth-order valence-corrected chi connectivity index (χ4v) is 2.62. The lowest BCUT2D eigenvalue weighted by Gasteiger charge is -2.19. The number of anilines is 1. The van der Waals surface area contributed by atoms with Crippen molar-refractivity contribution in [3.8, 4) is 11.5 Å². The molecular formula is C22H31N3O5. The van der Waals surface area contributed by atoms with E-state index < -0.39 is 17.7 Å². The maximum absolute atomic E-state index is 12.2. The maximum Gasteiger partial charge on any atom is 0.407 e. The van der Waals surface area contributed by atoms with Crippen LogP contribution in [0.1, 0.15) is 57.4 Å². The zero-order chi connectivity index (χ0) is 22.0. The summed E-state index contributed by atoms with van der Waals surface area (Å²) in [6.45, 7) is 8.64. The first kappa shape index (κ1) is 23.3. The van der Waals surface area contributed by atoms with Crippen LogP contribution in [0.15, 0.2) is 34.7 Å². The van der Waals surface area contributed by atoms with Gasteiger partial charge in [0.15, 0.2) is 0 Å². The molecule has 0 spiro atoms. The molecule has 164 valence electrons. The molecule has 0 saturated heterocycles. The monoisotopic (exact) mass is 417 g/mol. The molecule has 8 nitrogen and oxygen atoms in total. The van der Waals surface area contributed by atoms with Crippen molar-refractivity contribution >= 4 is 17.9 Å². The van der Waals surface area contributed by atoms with Crippen LogP contribution < -0.4 is 10.6 Å². The van der Waals surface area contributed by atoms with Crippen LogP contribution in [0.3, 0.4) is 0 Å². The number of benzene rings is 1. The topological polar surface area (TPSA) is 103 Å². The van der Waals surface area contributed by atoms with Crippen molar-refractivity contribution in [2.75, 3.05) is 25.0 Å². The van der Waals surface area contributed by atoms with Gasteiger partial charge in [0.05, 0.1) is 6.61 Å². The molecule has 30 heavy (non-hydrogen) atoms. The highest BCUT2D eigenvalue weighted by molar-refractivity contribution is 5.92. The molecule has 0 fully saturated rings. The summed E-state index contributed by atoms with van der Waals surface area (Å²) in [5, 5.41) is 5.87. The number of nitrogens with zero attached hydrogens (tertiary/aromatic N) is 1. The highest BCUT2D eigenvalue weighted by Crippen LogP contribution is 2.26. The number of esters is 1. The molecule has 0 saturated carbocycles. The number of hydrogen-bond acceptors (Lipinski definition) is 7. The molecule has 2 rings (SSSR count). The first-order chi connectivity index (χ1) is 14.3. The number of hydrogen-bond donors (Lipinski definition) is 2. The number of aromatic nitrogens is 1. The summed E-state index contributed by atoms with van der Waals surface area (Å²) in [6.07, 6.45) is 2.13. The summed E-state index contributed by atoms with van der Waals surface area (Å²) in [5.74, 6) is 0.148. The van der Waals surface area contributed by atoms with E-state index in [2.05, 4.69) is 15.6 Å². The van der Waals surface area contributed by atoms with Gasteiger partial charge in [-0.1, -0.05) is 18.2 Å². The van der Waals surface area contributed by atoms with E-state index >= 15 is 0 Å². The fraction of sp³-hybridized carbons (Fsp3) is 0.500. The van der Waals surface area contributed by atoms with Gasteiger partial charge in [-0.05, 0) is 59.1 Å². The Hall–Kier alpha value is -3.03. The van der Waals surface area contributed by atoms with Crippen LogP contribution in [-0.2, 0) is 9.47 Å². The number of unbranched alkanes of at least 4 members (excludes halogenated alkanes) is 2. The quantitative estimate of drug-likeness (QED) is 0.429. The zero-order valence-corrected chi connectivity index (χ0v) is 18.1. The molecule has 1 amide bonds. The van der Waals surface area contributed by atoms with Crippen LogP contribution in [0, 0.1) is 0 Å². The van der Waals surface area contributed by atoms with Gasteiger partial charge >= 0.3 is 12.1 Å². The first-order valence-electron chi connectivity index (χ1n) is 10.2. The Balaban J connectivity index is 1.82. The minimum absolute atomic E-state index is 0.141.